The third kappa shape index (κ3) is 2.08. The van der Waals surface area contributed by atoms with Crippen LogP contribution in [0.15, 0.2) is 23.0 Å². The first-order valence-corrected chi connectivity index (χ1v) is 4.92. The molecule has 0 fully saturated rings. The van der Waals surface area contributed by atoms with Crippen LogP contribution in [0.1, 0.15) is 25.3 Å². The fourth-order valence-corrected chi connectivity index (χ4v) is 1.26. The smallest absolute Gasteiger partial charge is 0.264 e. The molecule has 2 heterocycles. The normalized spacial score (nSPS) is 11.8. The fourth-order valence-electron chi connectivity index (χ4n) is 1.26. The Morgan fingerprint density at radius 3 is 2.62 bits per heavy atom. The highest BCUT2D eigenvalue weighted by Crippen LogP contribution is 2.25. The van der Waals surface area contributed by atoms with Crippen molar-refractivity contribution in [3.63, 3.8) is 0 Å². The Bertz CT molecular complexity index is 502. The maximum atomic E-state index is 13.5. The standard InChI is InChI=1S/C11H12FN3O/c1-7-4-8(6-13-5-7)9-14-10(16-15-9)11(2,3)12/h4-6H,1-3H3. The third-order valence-electron chi connectivity index (χ3n) is 2.07. The van der Waals surface area contributed by atoms with Gasteiger partial charge in [0.15, 0.2) is 5.67 Å². The minimum absolute atomic E-state index is 0.0241. The number of nitrogens with zero attached hydrogens (tertiary/aromatic N) is 3. The van der Waals surface area contributed by atoms with Crippen molar-refractivity contribution >= 4 is 0 Å². The van der Waals surface area contributed by atoms with Gasteiger partial charge in [0.1, 0.15) is 0 Å². The van der Waals surface area contributed by atoms with Crippen LogP contribution in [0.2, 0.25) is 0 Å². The van der Waals surface area contributed by atoms with E-state index in [4.69, 9.17) is 4.52 Å². The lowest BCUT2D eigenvalue weighted by Crippen LogP contribution is -2.09. The molecule has 0 bridgehead atoms. The average Bonchev–Trinajstić information content (AvgIpc) is 2.65. The van der Waals surface area contributed by atoms with Crippen molar-refractivity contribution in [3.05, 3.63) is 29.9 Å². The number of aromatic nitrogens is 3. The molecule has 0 aromatic carbocycles. The van der Waals surface area contributed by atoms with Gasteiger partial charge in [-0.2, -0.15) is 4.98 Å². The lowest BCUT2D eigenvalue weighted by molar-refractivity contribution is 0.155. The molecule has 2 aromatic heterocycles. The summed E-state index contributed by atoms with van der Waals surface area (Å²) in [6.45, 7) is 4.66. The average molecular weight is 221 g/mol. The van der Waals surface area contributed by atoms with E-state index in [9.17, 15) is 4.39 Å². The third-order valence-corrected chi connectivity index (χ3v) is 2.07. The first-order valence-electron chi connectivity index (χ1n) is 4.92. The molecule has 0 aliphatic carbocycles. The lowest BCUT2D eigenvalue weighted by atomic mass is 10.2. The second kappa shape index (κ2) is 3.66. The van der Waals surface area contributed by atoms with Gasteiger partial charge >= 0.3 is 0 Å². The van der Waals surface area contributed by atoms with E-state index < -0.39 is 5.67 Å². The number of alkyl halides is 1. The monoisotopic (exact) mass is 221 g/mol. The number of rotatable bonds is 2. The van der Waals surface area contributed by atoms with E-state index in [0.717, 1.165) is 11.1 Å². The highest BCUT2D eigenvalue weighted by atomic mass is 19.1. The summed E-state index contributed by atoms with van der Waals surface area (Å²) in [4.78, 5) is 8.02. The first-order chi connectivity index (χ1) is 7.47. The topological polar surface area (TPSA) is 51.8 Å². The van der Waals surface area contributed by atoms with E-state index in [1.807, 2.05) is 13.0 Å². The van der Waals surface area contributed by atoms with Crippen LogP contribution in [0.4, 0.5) is 4.39 Å². The fraction of sp³-hybridized carbons (Fsp3) is 0.364. The molecule has 84 valence electrons. The highest BCUT2D eigenvalue weighted by molar-refractivity contribution is 5.53. The van der Waals surface area contributed by atoms with E-state index in [0.29, 0.717) is 5.82 Å². The highest BCUT2D eigenvalue weighted by Gasteiger charge is 2.26. The molecule has 0 aliphatic heterocycles. The molecule has 2 rings (SSSR count). The van der Waals surface area contributed by atoms with Crippen LogP contribution in [0.25, 0.3) is 11.4 Å². The summed E-state index contributed by atoms with van der Waals surface area (Å²) >= 11 is 0. The molecule has 0 unspecified atom stereocenters. The lowest BCUT2D eigenvalue weighted by Gasteiger charge is -2.05. The van der Waals surface area contributed by atoms with E-state index in [2.05, 4.69) is 15.1 Å². The molecular weight excluding hydrogens is 209 g/mol. The van der Waals surface area contributed by atoms with Gasteiger partial charge in [-0.25, -0.2) is 4.39 Å². The Morgan fingerprint density at radius 1 is 1.31 bits per heavy atom. The Labute approximate surface area is 92.5 Å². The van der Waals surface area contributed by atoms with Crippen LogP contribution in [0, 0.1) is 6.92 Å². The molecule has 0 radical (unpaired) electrons. The Hall–Kier alpha value is -1.78. The Balaban J connectivity index is 2.39. The minimum Gasteiger partial charge on any atom is -0.335 e. The predicted molar refractivity (Wildman–Crippen MR) is 56.4 cm³/mol. The van der Waals surface area contributed by atoms with Gasteiger partial charge in [0, 0.05) is 18.0 Å². The number of halogens is 1. The first kappa shape index (κ1) is 10.7. The van der Waals surface area contributed by atoms with Crippen molar-refractivity contribution in [1.29, 1.82) is 0 Å². The number of hydrogen-bond donors (Lipinski definition) is 0. The zero-order valence-corrected chi connectivity index (χ0v) is 9.36. The summed E-state index contributed by atoms with van der Waals surface area (Å²) in [5.41, 5.74) is 0.0882. The van der Waals surface area contributed by atoms with Crippen LogP contribution in [-0.4, -0.2) is 15.1 Å². The second-order valence-electron chi connectivity index (χ2n) is 4.15. The van der Waals surface area contributed by atoms with Gasteiger partial charge in [-0.3, -0.25) is 4.98 Å². The van der Waals surface area contributed by atoms with Crippen LogP contribution in [-0.2, 0) is 5.67 Å². The molecule has 2 aromatic rings. The molecule has 16 heavy (non-hydrogen) atoms. The van der Waals surface area contributed by atoms with Crippen molar-refractivity contribution < 1.29 is 8.91 Å². The maximum Gasteiger partial charge on any atom is 0.264 e. The molecule has 0 aliphatic rings. The summed E-state index contributed by atoms with van der Waals surface area (Å²) in [7, 11) is 0. The van der Waals surface area contributed by atoms with E-state index >= 15 is 0 Å². The van der Waals surface area contributed by atoms with Gasteiger partial charge in [0.05, 0.1) is 0 Å². The quantitative estimate of drug-likeness (QED) is 0.782. The van der Waals surface area contributed by atoms with Crippen molar-refractivity contribution in [2.24, 2.45) is 0 Å². The van der Waals surface area contributed by atoms with Gasteiger partial charge in [-0.05, 0) is 32.4 Å². The Morgan fingerprint density at radius 2 is 2.06 bits per heavy atom. The SMILES string of the molecule is Cc1cncc(-c2noc(C(C)(C)F)n2)c1. The van der Waals surface area contributed by atoms with Crippen molar-refractivity contribution in [3.8, 4) is 11.4 Å². The van der Waals surface area contributed by atoms with Crippen LogP contribution in [0.5, 0.6) is 0 Å². The summed E-state index contributed by atoms with van der Waals surface area (Å²) in [6, 6.07) is 1.87. The molecule has 4 nitrogen and oxygen atoms in total. The minimum atomic E-state index is -1.62. The largest absolute Gasteiger partial charge is 0.335 e. The van der Waals surface area contributed by atoms with Crippen molar-refractivity contribution in [2.45, 2.75) is 26.4 Å². The second-order valence-corrected chi connectivity index (χ2v) is 4.15. The molecule has 0 N–H and O–H groups in total. The molecule has 0 saturated heterocycles. The number of pyridine rings is 1. The molecule has 0 amide bonds. The van der Waals surface area contributed by atoms with Gasteiger partial charge in [-0.15, -0.1) is 0 Å². The van der Waals surface area contributed by atoms with E-state index in [1.54, 1.807) is 12.4 Å². The van der Waals surface area contributed by atoms with Crippen LogP contribution in [0.3, 0.4) is 0 Å². The zero-order chi connectivity index (χ0) is 11.8. The predicted octanol–water partition coefficient (Wildman–Crippen LogP) is 2.64. The van der Waals surface area contributed by atoms with Crippen molar-refractivity contribution in [1.82, 2.24) is 15.1 Å². The zero-order valence-electron chi connectivity index (χ0n) is 9.36. The van der Waals surface area contributed by atoms with Crippen LogP contribution < -0.4 is 0 Å². The van der Waals surface area contributed by atoms with Crippen LogP contribution >= 0.6 is 0 Å². The summed E-state index contributed by atoms with van der Waals surface area (Å²) in [5.74, 6) is 0.334. The molecule has 5 heteroatoms. The van der Waals surface area contributed by atoms with E-state index in [1.165, 1.54) is 13.8 Å². The Kier molecular flexibility index (Phi) is 2.46. The summed E-state index contributed by atoms with van der Waals surface area (Å²) in [6.07, 6.45) is 3.34. The maximum absolute atomic E-state index is 13.5. The summed E-state index contributed by atoms with van der Waals surface area (Å²) in [5, 5.41) is 3.73. The van der Waals surface area contributed by atoms with Gasteiger partial charge in [-0.1, -0.05) is 5.16 Å². The molecule has 0 saturated carbocycles. The number of hydrogen-bond acceptors (Lipinski definition) is 4. The van der Waals surface area contributed by atoms with Gasteiger partial charge in [0.25, 0.3) is 5.89 Å². The molecular formula is C11H12FN3O. The molecule has 0 spiro atoms. The van der Waals surface area contributed by atoms with Gasteiger partial charge in [0.2, 0.25) is 5.82 Å². The van der Waals surface area contributed by atoms with E-state index in [-0.39, 0.29) is 5.89 Å². The number of aryl methyl sites for hydroxylation is 1. The van der Waals surface area contributed by atoms with Gasteiger partial charge < -0.3 is 4.52 Å². The summed E-state index contributed by atoms with van der Waals surface area (Å²) < 4.78 is 18.4. The van der Waals surface area contributed by atoms with Crippen molar-refractivity contribution in [2.75, 3.05) is 0 Å². The molecule has 0 atom stereocenters.